The molecule has 19 heavy (non-hydrogen) atoms. The second-order valence-electron chi connectivity index (χ2n) is 4.72. The van der Waals surface area contributed by atoms with Crippen LogP contribution in [0.25, 0.3) is 20.8 Å². The van der Waals surface area contributed by atoms with E-state index in [0.717, 1.165) is 28.6 Å². The maximum absolute atomic E-state index is 6.01. The first kappa shape index (κ1) is 11.4. The third-order valence-corrected chi connectivity index (χ3v) is 4.75. The fourth-order valence-electron chi connectivity index (χ4n) is 2.45. The molecule has 0 fully saturated rings. The van der Waals surface area contributed by atoms with Crippen LogP contribution in [0.3, 0.4) is 0 Å². The third-order valence-electron chi connectivity index (χ3n) is 3.43. The molecule has 0 spiro atoms. The Morgan fingerprint density at radius 3 is 2.89 bits per heavy atom. The molecule has 1 aliphatic rings. The van der Waals surface area contributed by atoms with Crippen molar-refractivity contribution in [1.29, 1.82) is 0 Å². The molecular formula is C15H11ClN2S. The summed E-state index contributed by atoms with van der Waals surface area (Å²) in [6, 6.07) is 12.5. The van der Waals surface area contributed by atoms with Crippen molar-refractivity contribution in [1.82, 2.24) is 10.3 Å². The van der Waals surface area contributed by atoms with Crippen LogP contribution >= 0.6 is 22.9 Å². The fraction of sp³-hybridized carbons (Fsp3) is 0.133. The largest absolute Gasteiger partial charge is 0.309 e. The number of rotatable bonds is 1. The molecule has 2 heterocycles. The zero-order valence-electron chi connectivity index (χ0n) is 10.1. The van der Waals surface area contributed by atoms with Crippen LogP contribution in [0.2, 0.25) is 5.02 Å². The van der Waals surface area contributed by atoms with Crippen molar-refractivity contribution in [2.75, 3.05) is 0 Å². The van der Waals surface area contributed by atoms with Gasteiger partial charge in [0.25, 0.3) is 0 Å². The number of halogens is 1. The summed E-state index contributed by atoms with van der Waals surface area (Å²) in [7, 11) is 0. The number of thiazole rings is 1. The number of nitrogens with zero attached hydrogens (tertiary/aromatic N) is 1. The molecule has 1 aliphatic heterocycles. The molecule has 0 saturated carbocycles. The summed E-state index contributed by atoms with van der Waals surface area (Å²) >= 11 is 7.72. The predicted octanol–water partition coefficient (Wildman–Crippen LogP) is 4.22. The molecule has 4 heteroatoms. The topological polar surface area (TPSA) is 24.9 Å². The van der Waals surface area contributed by atoms with Gasteiger partial charge in [0.2, 0.25) is 0 Å². The van der Waals surface area contributed by atoms with E-state index in [4.69, 9.17) is 11.6 Å². The zero-order valence-corrected chi connectivity index (χ0v) is 11.7. The molecule has 2 nitrogen and oxygen atoms in total. The van der Waals surface area contributed by atoms with Crippen molar-refractivity contribution < 1.29 is 0 Å². The van der Waals surface area contributed by atoms with E-state index >= 15 is 0 Å². The highest BCUT2D eigenvalue weighted by Gasteiger charge is 2.13. The molecule has 0 aliphatic carbocycles. The Morgan fingerprint density at radius 1 is 1.05 bits per heavy atom. The first-order chi connectivity index (χ1) is 9.29. The lowest BCUT2D eigenvalue weighted by Gasteiger charge is -2.00. The molecule has 0 amide bonds. The molecule has 0 saturated heterocycles. The maximum atomic E-state index is 6.01. The second kappa shape index (κ2) is 4.30. The van der Waals surface area contributed by atoms with Gasteiger partial charge < -0.3 is 5.32 Å². The van der Waals surface area contributed by atoms with Gasteiger partial charge in [0.1, 0.15) is 5.01 Å². The van der Waals surface area contributed by atoms with Crippen molar-refractivity contribution >= 4 is 33.2 Å². The molecule has 0 bridgehead atoms. The van der Waals surface area contributed by atoms with Crippen molar-refractivity contribution in [2.24, 2.45) is 0 Å². The molecule has 0 atom stereocenters. The Labute approximate surface area is 120 Å². The minimum Gasteiger partial charge on any atom is -0.309 e. The van der Waals surface area contributed by atoms with Gasteiger partial charge in [-0.15, -0.1) is 11.3 Å². The number of hydrogen-bond acceptors (Lipinski definition) is 3. The summed E-state index contributed by atoms with van der Waals surface area (Å²) in [6.07, 6.45) is 0. The van der Waals surface area contributed by atoms with Gasteiger partial charge in [0, 0.05) is 23.7 Å². The van der Waals surface area contributed by atoms with E-state index < -0.39 is 0 Å². The monoisotopic (exact) mass is 286 g/mol. The summed E-state index contributed by atoms with van der Waals surface area (Å²) < 4.78 is 1.18. The Hall–Kier alpha value is -1.42. The van der Waals surface area contributed by atoms with E-state index in [2.05, 4.69) is 28.5 Å². The minimum absolute atomic E-state index is 0.738. The summed E-state index contributed by atoms with van der Waals surface area (Å²) in [4.78, 5) is 4.68. The van der Waals surface area contributed by atoms with E-state index in [0.29, 0.717) is 0 Å². The minimum atomic E-state index is 0.738. The van der Waals surface area contributed by atoms with Crippen LogP contribution in [0.15, 0.2) is 36.4 Å². The van der Waals surface area contributed by atoms with E-state index in [1.54, 1.807) is 11.3 Å². The average Bonchev–Trinajstić information content (AvgIpc) is 3.02. The normalized spacial score (nSPS) is 13.9. The van der Waals surface area contributed by atoms with Crippen molar-refractivity contribution in [3.63, 3.8) is 0 Å². The molecule has 0 unspecified atom stereocenters. The van der Waals surface area contributed by atoms with Crippen LogP contribution < -0.4 is 5.32 Å². The molecule has 1 N–H and O–H groups in total. The lowest BCUT2D eigenvalue weighted by atomic mass is 10.1. The third kappa shape index (κ3) is 1.94. The Balaban J connectivity index is 1.85. The van der Waals surface area contributed by atoms with Crippen LogP contribution in [-0.4, -0.2) is 4.98 Å². The van der Waals surface area contributed by atoms with Gasteiger partial charge >= 0.3 is 0 Å². The number of nitrogens with one attached hydrogen (secondary N) is 1. The standard InChI is InChI=1S/C15H11ClN2S/c16-12-3-4-14-13(6-12)18-15(19-14)9-1-2-10-7-17-8-11(10)5-9/h1-6,17H,7-8H2. The quantitative estimate of drug-likeness (QED) is 0.724. The van der Waals surface area contributed by atoms with Gasteiger partial charge in [-0.2, -0.15) is 0 Å². The molecule has 0 radical (unpaired) electrons. The fourth-order valence-corrected chi connectivity index (χ4v) is 3.56. The summed E-state index contributed by atoms with van der Waals surface area (Å²) in [5, 5.41) is 5.17. The summed E-state index contributed by atoms with van der Waals surface area (Å²) in [5.74, 6) is 0. The number of fused-ring (bicyclic) bond motifs is 2. The Kier molecular flexibility index (Phi) is 2.58. The number of benzene rings is 2. The molecule has 1 aromatic heterocycles. The van der Waals surface area contributed by atoms with Crippen molar-refractivity contribution in [3.05, 3.63) is 52.5 Å². The van der Waals surface area contributed by atoms with Crippen LogP contribution in [0.5, 0.6) is 0 Å². The van der Waals surface area contributed by atoms with Gasteiger partial charge in [-0.05, 0) is 35.4 Å². The van der Waals surface area contributed by atoms with Crippen LogP contribution in [-0.2, 0) is 13.1 Å². The lowest BCUT2D eigenvalue weighted by Crippen LogP contribution is -1.99. The molecule has 3 aromatic rings. The highest BCUT2D eigenvalue weighted by atomic mass is 35.5. The zero-order chi connectivity index (χ0) is 12.8. The molecule has 2 aromatic carbocycles. The van der Waals surface area contributed by atoms with E-state index in [-0.39, 0.29) is 0 Å². The molecule has 4 rings (SSSR count). The highest BCUT2D eigenvalue weighted by Crippen LogP contribution is 2.33. The number of aromatic nitrogens is 1. The van der Waals surface area contributed by atoms with Crippen molar-refractivity contribution in [3.8, 4) is 10.6 Å². The van der Waals surface area contributed by atoms with Gasteiger partial charge in [0.05, 0.1) is 10.2 Å². The van der Waals surface area contributed by atoms with E-state index in [1.165, 1.54) is 21.4 Å². The van der Waals surface area contributed by atoms with E-state index in [1.807, 2.05) is 18.2 Å². The average molecular weight is 287 g/mol. The first-order valence-corrected chi connectivity index (χ1v) is 7.38. The van der Waals surface area contributed by atoms with Gasteiger partial charge in [-0.3, -0.25) is 0 Å². The molecule has 94 valence electrons. The molecular weight excluding hydrogens is 276 g/mol. The lowest BCUT2D eigenvalue weighted by molar-refractivity contribution is 0.765. The van der Waals surface area contributed by atoms with Crippen molar-refractivity contribution in [2.45, 2.75) is 13.1 Å². The Bertz CT molecular complexity index is 779. The number of hydrogen-bond donors (Lipinski definition) is 1. The highest BCUT2D eigenvalue weighted by molar-refractivity contribution is 7.21. The Morgan fingerprint density at radius 2 is 1.95 bits per heavy atom. The van der Waals surface area contributed by atoms with Gasteiger partial charge in [0.15, 0.2) is 0 Å². The van der Waals surface area contributed by atoms with Crippen LogP contribution in [0.4, 0.5) is 0 Å². The second-order valence-corrected chi connectivity index (χ2v) is 6.19. The first-order valence-electron chi connectivity index (χ1n) is 6.18. The van der Waals surface area contributed by atoms with Gasteiger partial charge in [-0.1, -0.05) is 23.7 Å². The van der Waals surface area contributed by atoms with Gasteiger partial charge in [-0.25, -0.2) is 4.98 Å². The summed E-state index contributed by atoms with van der Waals surface area (Å²) in [6.45, 7) is 1.94. The SMILES string of the molecule is Clc1ccc2sc(-c3ccc4c(c3)CNC4)nc2c1. The summed E-state index contributed by atoms with van der Waals surface area (Å²) in [5.41, 5.74) is 4.95. The van der Waals surface area contributed by atoms with E-state index in [9.17, 15) is 0 Å². The predicted molar refractivity (Wildman–Crippen MR) is 80.6 cm³/mol. The van der Waals surface area contributed by atoms with Crippen LogP contribution in [0.1, 0.15) is 11.1 Å². The van der Waals surface area contributed by atoms with Crippen LogP contribution in [0, 0.1) is 0 Å². The smallest absolute Gasteiger partial charge is 0.124 e. The maximum Gasteiger partial charge on any atom is 0.124 e.